The van der Waals surface area contributed by atoms with E-state index in [1.165, 1.54) is 25.3 Å². The number of hydrogen-bond acceptors (Lipinski definition) is 2. The van der Waals surface area contributed by atoms with Crippen molar-refractivity contribution in [3.8, 4) is 11.5 Å². The fourth-order valence-electron chi connectivity index (χ4n) is 0.718. The number of rotatable bonds is 3. The summed E-state index contributed by atoms with van der Waals surface area (Å²) in [5.74, 6) is 0.484. The predicted octanol–water partition coefficient (Wildman–Crippen LogP) is 2.10. The average molecular weight is 173 g/mol. The molecular formula is C8H7F2O2. The molecule has 0 spiro atoms. The van der Waals surface area contributed by atoms with Crippen LogP contribution in [-0.2, 0) is 0 Å². The monoisotopic (exact) mass is 173 g/mol. The van der Waals surface area contributed by atoms with Crippen LogP contribution >= 0.6 is 0 Å². The molecule has 1 aromatic rings. The van der Waals surface area contributed by atoms with Crippen molar-refractivity contribution in [3.05, 3.63) is 24.3 Å². The number of methoxy groups -OCH3 is 1. The Bertz CT molecular complexity index is 251. The smallest absolute Gasteiger partial charge is 0.387 e. The molecule has 12 heavy (non-hydrogen) atoms. The van der Waals surface area contributed by atoms with Crippen LogP contribution < -0.4 is 9.47 Å². The second-order valence-corrected chi connectivity index (χ2v) is 1.99. The maximum atomic E-state index is 11.7. The first-order valence-corrected chi connectivity index (χ1v) is 3.22. The quantitative estimate of drug-likeness (QED) is 0.696. The number of halogens is 2. The van der Waals surface area contributed by atoms with E-state index < -0.39 is 6.61 Å². The third-order valence-electron chi connectivity index (χ3n) is 1.20. The molecule has 0 saturated carbocycles. The molecule has 4 heteroatoms. The summed E-state index contributed by atoms with van der Waals surface area (Å²) in [6, 6.07) is 6.81. The van der Waals surface area contributed by atoms with Gasteiger partial charge in [-0.25, -0.2) is 0 Å². The van der Waals surface area contributed by atoms with E-state index in [0.717, 1.165) is 0 Å². The number of hydrogen-bond donors (Lipinski definition) is 0. The maximum absolute atomic E-state index is 11.7. The van der Waals surface area contributed by atoms with Crippen LogP contribution in [0.15, 0.2) is 18.2 Å². The molecule has 1 radical (unpaired) electrons. The Balaban J connectivity index is 2.72. The number of benzene rings is 1. The summed E-state index contributed by atoms with van der Waals surface area (Å²) in [7, 11) is 1.44. The number of alkyl halides is 2. The standard InChI is InChI=1S/C8H7F2O2/c1-11-6-3-2-4-7(5-6)12-8(9)10/h3-5,8H,1H3. The topological polar surface area (TPSA) is 18.5 Å². The average Bonchev–Trinajstić information content (AvgIpc) is 2.03. The molecule has 1 rings (SSSR count). The summed E-state index contributed by atoms with van der Waals surface area (Å²) in [4.78, 5) is 0. The summed E-state index contributed by atoms with van der Waals surface area (Å²) < 4.78 is 32.3. The highest BCUT2D eigenvalue weighted by Crippen LogP contribution is 2.19. The maximum Gasteiger partial charge on any atom is 0.387 e. The first-order chi connectivity index (χ1) is 5.72. The largest absolute Gasteiger partial charge is 0.497 e. The molecule has 0 atom stereocenters. The van der Waals surface area contributed by atoms with Crippen LogP contribution in [0.2, 0.25) is 0 Å². The van der Waals surface area contributed by atoms with Gasteiger partial charge in [0.2, 0.25) is 0 Å². The van der Waals surface area contributed by atoms with Crippen LogP contribution in [0.1, 0.15) is 0 Å². The van der Waals surface area contributed by atoms with Gasteiger partial charge in [-0.15, -0.1) is 0 Å². The Hall–Kier alpha value is -1.32. The number of ether oxygens (including phenoxy) is 2. The molecule has 0 aliphatic carbocycles. The van der Waals surface area contributed by atoms with Crippen LogP contribution in [-0.4, -0.2) is 13.7 Å². The van der Waals surface area contributed by atoms with Gasteiger partial charge in [0.15, 0.2) is 0 Å². The summed E-state index contributed by atoms with van der Waals surface area (Å²) >= 11 is 0. The predicted molar refractivity (Wildman–Crippen MR) is 38.5 cm³/mol. The minimum atomic E-state index is -2.81. The van der Waals surface area contributed by atoms with E-state index in [1.807, 2.05) is 0 Å². The lowest BCUT2D eigenvalue weighted by atomic mass is 10.3. The summed E-state index contributed by atoms with van der Waals surface area (Å²) in [5, 5.41) is 0. The third-order valence-corrected chi connectivity index (χ3v) is 1.20. The Morgan fingerprint density at radius 2 is 2.00 bits per heavy atom. The van der Waals surface area contributed by atoms with Crippen LogP contribution in [0.25, 0.3) is 0 Å². The molecule has 65 valence electrons. The van der Waals surface area contributed by atoms with Crippen LogP contribution in [0.4, 0.5) is 8.78 Å². The van der Waals surface area contributed by atoms with Gasteiger partial charge in [0.1, 0.15) is 11.5 Å². The highest BCUT2D eigenvalue weighted by atomic mass is 19.3. The molecule has 0 aliphatic heterocycles. The van der Waals surface area contributed by atoms with Crippen molar-refractivity contribution >= 4 is 0 Å². The van der Waals surface area contributed by atoms with Gasteiger partial charge in [0.05, 0.1) is 7.11 Å². The van der Waals surface area contributed by atoms with Crippen molar-refractivity contribution in [1.29, 1.82) is 0 Å². The normalized spacial score (nSPS) is 10.0. The molecule has 0 N–H and O–H groups in total. The van der Waals surface area contributed by atoms with Gasteiger partial charge in [-0.05, 0) is 18.2 Å². The van der Waals surface area contributed by atoms with E-state index in [-0.39, 0.29) is 5.75 Å². The van der Waals surface area contributed by atoms with Crippen molar-refractivity contribution in [1.82, 2.24) is 0 Å². The molecule has 0 aromatic heterocycles. The SMILES string of the molecule is COc1c[c]cc(OC(F)F)c1. The summed E-state index contributed by atoms with van der Waals surface area (Å²) in [5.41, 5.74) is 0. The Morgan fingerprint density at radius 1 is 1.33 bits per heavy atom. The van der Waals surface area contributed by atoms with Crippen molar-refractivity contribution in [2.75, 3.05) is 7.11 Å². The molecule has 0 bridgehead atoms. The molecule has 0 fully saturated rings. The zero-order valence-corrected chi connectivity index (χ0v) is 6.38. The van der Waals surface area contributed by atoms with E-state index in [1.54, 1.807) is 0 Å². The molecule has 0 heterocycles. The van der Waals surface area contributed by atoms with Crippen LogP contribution in [0.5, 0.6) is 11.5 Å². The Kier molecular flexibility index (Phi) is 2.85. The van der Waals surface area contributed by atoms with Crippen LogP contribution in [0.3, 0.4) is 0 Å². The summed E-state index contributed by atoms with van der Waals surface area (Å²) in [6.07, 6.45) is 0. The highest BCUT2D eigenvalue weighted by molar-refractivity contribution is 5.31. The zero-order chi connectivity index (χ0) is 8.97. The minimum Gasteiger partial charge on any atom is -0.497 e. The second-order valence-electron chi connectivity index (χ2n) is 1.99. The fraction of sp³-hybridized carbons (Fsp3) is 0.250. The fourth-order valence-corrected chi connectivity index (χ4v) is 0.718. The molecule has 0 unspecified atom stereocenters. The first-order valence-electron chi connectivity index (χ1n) is 3.22. The van der Waals surface area contributed by atoms with Crippen molar-refractivity contribution in [3.63, 3.8) is 0 Å². The zero-order valence-electron chi connectivity index (χ0n) is 6.38. The highest BCUT2D eigenvalue weighted by Gasteiger charge is 2.04. The molecule has 0 amide bonds. The van der Waals surface area contributed by atoms with E-state index in [4.69, 9.17) is 4.74 Å². The molecule has 2 nitrogen and oxygen atoms in total. The molecule has 0 aliphatic rings. The second kappa shape index (κ2) is 3.90. The van der Waals surface area contributed by atoms with Gasteiger partial charge in [-0.2, -0.15) is 8.78 Å². The van der Waals surface area contributed by atoms with E-state index >= 15 is 0 Å². The molecule has 0 saturated heterocycles. The molecule has 1 aromatic carbocycles. The van der Waals surface area contributed by atoms with Gasteiger partial charge in [0.25, 0.3) is 0 Å². The van der Waals surface area contributed by atoms with Gasteiger partial charge < -0.3 is 9.47 Å². The van der Waals surface area contributed by atoms with E-state index in [2.05, 4.69) is 10.8 Å². The lowest BCUT2D eigenvalue weighted by Crippen LogP contribution is -2.01. The van der Waals surface area contributed by atoms with Crippen molar-refractivity contribution in [2.45, 2.75) is 6.61 Å². The van der Waals surface area contributed by atoms with Crippen molar-refractivity contribution in [2.24, 2.45) is 0 Å². The third kappa shape index (κ3) is 2.38. The van der Waals surface area contributed by atoms with Gasteiger partial charge in [0, 0.05) is 6.07 Å². The lowest BCUT2D eigenvalue weighted by molar-refractivity contribution is -0.0499. The Labute approximate surface area is 68.7 Å². The van der Waals surface area contributed by atoms with Gasteiger partial charge >= 0.3 is 6.61 Å². The first kappa shape index (κ1) is 8.77. The summed E-state index contributed by atoms with van der Waals surface area (Å²) in [6.45, 7) is -2.81. The van der Waals surface area contributed by atoms with E-state index in [0.29, 0.717) is 5.75 Å². The van der Waals surface area contributed by atoms with E-state index in [9.17, 15) is 8.78 Å². The van der Waals surface area contributed by atoms with Gasteiger partial charge in [-0.3, -0.25) is 0 Å². The minimum absolute atomic E-state index is 0.0457. The van der Waals surface area contributed by atoms with Gasteiger partial charge in [-0.1, -0.05) is 0 Å². The lowest BCUT2D eigenvalue weighted by Gasteiger charge is -2.04. The van der Waals surface area contributed by atoms with Crippen molar-refractivity contribution < 1.29 is 18.3 Å². The Morgan fingerprint density at radius 3 is 2.58 bits per heavy atom. The molecular weight excluding hydrogens is 166 g/mol. The van der Waals surface area contributed by atoms with Crippen LogP contribution in [0, 0.1) is 6.07 Å².